The van der Waals surface area contributed by atoms with Gasteiger partial charge in [-0.25, -0.2) is 4.98 Å². The van der Waals surface area contributed by atoms with Gasteiger partial charge in [0.2, 0.25) is 0 Å². The van der Waals surface area contributed by atoms with Crippen molar-refractivity contribution in [2.75, 3.05) is 24.2 Å². The Morgan fingerprint density at radius 2 is 1.93 bits per heavy atom. The van der Waals surface area contributed by atoms with E-state index in [0.717, 1.165) is 0 Å². The average molecular weight is 220 g/mol. The van der Waals surface area contributed by atoms with Gasteiger partial charge in [-0.05, 0) is 0 Å². The first kappa shape index (κ1) is 11.5. The van der Waals surface area contributed by atoms with Crippen molar-refractivity contribution < 1.29 is 13.2 Å². The predicted molar refractivity (Wildman–Crippen MR) is 50.7 cm³/mol. The molecule has 4 nitrogen and oxygen atoms in total. The number of nitrogens with one attached hydrogen (secondary N) is 2. The second-order valence-electron chi connectivity index (χ2n) is 2.83. The maximum Gasteiger partial charge on any atom is 0.390 e. The molecule has 84 valence electrons. The molecule has 1 aromatic rings. The molecule has 0 amide bonds. The van der Waals surface area contributed by atoms with E-state index in [9.17, 15) is 13.2 Å². The second-order valence-corrected chi connectivity index (χ2v) is 2.83. The van der Waals surface area contributed by atoms with Crippen molar-refractivity contribution >= 4 is 11.6 Å². The van der Waals surface area contributed by atoms with Gasteiger partial charge in [0.15, 0.2) is 0 Å². The number of anilines is 2. The summed E-state index contributed by atoms with van der Waals surface area (Å²) in [4.78, 5) is 7.76. The summed E-state index contributed by atoms with van der Waals surface area (Å²) in [7, 11) is 1.66. The van der Waals surface area contributed by atoms with Gasteiger partial charge < -0.3 is 10.6 Å². The minimum atomic E-state index is -4.15. The van der Waals surface area contributed by atoms with Crippen LogP contribution in [0.25, 0.3) is 0 Å². The summed E-state index contributed by atoms with van der Waals surface area (Å²) in [5.74, 6) is 0.832. The number of rotatable bonds is 4. The molecule has 0 aliphatic heterocycles. The normalized spacial score (nSPS) is 11.2. The van der Waals surface area contributed by atoms with E-state index < -0.39 is 12.6 Å². The molecular weight excluding hydrogens is 209 g/mol. The van der Waals surface area contributed by atoms with E-state index in [0.29, 0.717) is 11.6 Å². The fraction of sp³-hybridized carbons (Fsp3) is 0.500. The van der Waals surface area contributed by atoms with Crippen LogP contribution in [0.3, 0.4) is 0 Å². The molecule has 7 heteroatoms. The van der Waals surface area contributed by atoms with Gasteiger partial charge in [0.05, 0.1) is 18.8 Å². The van der Waals surface area contributed by atoms with Gasteiger partial charge in [-0.15, -0.1) is 0 Å². The van der Waals surface area contributed by atoms with Gasteiger partial charge in [-0.2, -0.15) is 13.2 Å². The van der Waals surface area contributed by atoms with E-state index in [1.54, 1.807) is 7.05 Å². The van der Waals surface area contributed by atoms with Crippen LogP contribution in [0.1, 0.15) is 6.42 Å². The highest BCUT2D eigenvalue weighted by Gasteiger charge is 2.26. The molecule has 0 aliphatic rings. The first-order chi connectivity index (χ1) is 7.01. The Morgan fingerprint density at radius 3 is 2.53 bits per heavy atom. The van der Waals surface area contributed by atoms with Crippen molar-refractivity contribution in [3.63, 3.8) is 0 Å². The predicted octanol–water partition coefficient (Wildman–Crippen LogP) is 1.88. The number of alkyl halides is 3. The number of hydrogen-bond acceptors (Lipinski definition) is 4. The van der Waals surface area contributed by atoms with Crippen LogP contribution in [0.15, 0.2) is 12.4 Å². The van der Waals surface area contributed by atoms with Crippen LogP contribution >= 0.6 is 0 Å². The Hall–Kier alpha value is -1.53. The summed E-state index contributed by atoms with van der Waals surface area (Å²) in [6.45, 7) is -0.203. The molecule has 0 fully saturated rings. The molecule has 1 heterocycles. The van der Waals surface area contributed by atoms with Crippen LogP contribution in [-0.4, -0.2) is 29.7 Å². The molecule has 0 aromatic carbocycles. The zero-order chi connectivity index (χ0) is 11.3. The summed E-state index contributed by atoms with van der Waals surface area (Å²) in [5, 5.41) is 5.28. The smallest absolute Gasteiger partial charge is 0.372 e. The van der Waals surface area contributed by atoms with Gasteiger partial charge in [0, 0.05) is 13.6 Å². The van der Waals surface area contributed by atoms with Crippen LogP contribution in [-0.2, 0) is 0 Å². The summed E-state index contributed by atoms with van der Waals surface area (Å²) in [6, 6.07) is 0. The van der Waals surface area contributed by atoms with Gasteiger partial charge in [-0.3, -0.25) is 4.98 Å². The van der Waals surface area contributed by atoms with E-state index in [1.165, 1.54) is 12.4 Å². The zero-order valence-corrected chi connectivity index (χ0v) is 8.10. The molecular formula is C8H11F3N4. The minimum absolute atomic E-state index is 0.203. The maximum atomic E-state index is 11.8. The molecule has 0 radical (unpaired) electrons. The number of aromatic nitrogens is 2. The average Bonchev–Trinajstić information content (AvgIpc) is 2.16. The Balaban J connectivity index is 2.44. The lowest BCUT2D eigenvalue weighted by atomic mass is 10.4. The van der Waals surface area contributed by atoms with Gasteiger partial charge in [0.1, 0.15) is 11.6 Å². The highest BCUT2D eigenvalue weighted by Crippen LogP contribution is 2.19. The van der Waals surface area contributed by atoms with Crippen molar-refractivity contribution in [2.45, 2.75) is 12.6 Å². The van der Waals surface area contributed by atoms with Crippen LogP contribution in [0, 0.1) is 0 Å². The first-order valence-electron chi connectivity index (χ1n) is 4.32. The summed E-state index contributed by atoms with van der Waals surface area (Å²) in [6.07, 6.45) is -2.19. The molecule has 0 aliphatic carbocycles. The van der Waals surface area contributed by atoms with Gasteiger partial charge in [0.25, 0.3) is 0 Å². The van der Waals surface area contributed by atoms with E-state index in [2.05, 4.69) is 20.6 Å². The van der Waals surface area contributed by atoms with E-state index in [4.69, 9.17) is 0 Å². The fourth-order valence-electron chi connectivity index (χ4n) is 0.904. The third-order valence-corrected chi connectivity index (χ3v) is 1.61. The third-order valence-electron chi connectivity index (χ3n) is 1.61. The summed E-state index contributed by atoms with van der Waals surface area (Å²) in [5.41, 5.74) is 0. The van der Waals surface area contributed by atoms with Crippen molar-refractivity contribution in [3.05, 3.63) is 12.4 Å². The van der Waals surface area contributed by atoms with Crippen molar-refractivity contribution in [3.8, 4) is 0 Å². The van der Waals surface area contributed by atoms with E-state index in [1.807, 2.05) is 0 Å². The standard InChI is InChI=1S/C8H11F3N4/c1-12-6-4-13-5-7(15-6)14-3-2-8(9,10)11/h4-5H,2-3H2,1H3,(H2,12,14,15). The largest absolute Gasteiger partial charge is 0.390 e. The molecule has 0 saturated carbocycles. The molecule has 1 rings (SSSR count). The Bertz CT molecular complexity index is 313. The molecule has 15 heavy (non-hydrogen) atoms. The number of hydrogen-bond donors (Lipinski definition) is 2. The third kappa shape index (κ3) is 4.48. The van der Waals surface area contributed by atoms with E-state index in [-0.39, 0.29) is 6.54 Å². The maximum absolute atomic E-state index is 11.8. The molecule has 1 aromatic heterocycles. The molecule has 0 spiro atoms. The molecule has 0 saturated heterocycles. The number of nitrogens with zero attached hydrogens (tertiary/aromatic N) is 2. The quantitative estimate of drug-likeness (QED) is 0.813. The molecule has 0 atom stereocenters. The lowest BCUT2D eigenvalue weighted by molar-refractivity contribution is -0.131. The van der Waals surface area contributed by atoms with Crippen LogP contribution in [0.5, 0.6) is 0 Å². The zero-order valence-electron chi connectivity index (χ0n) is 8.10. The highest BCUT2D eigenvalue weighted by atomic mass is 19.4. The van der Waals surface area contributed by atoms with Crippen LogP contribution in [0.4, 0.5) is 24.8 Å². The monoisotopic (exact) mass is 220 g/mol. The Morgan fingerprint density at radius 1 is 1.27 bits per heavy atom. The SMILES string of the molecule is CNc1cncc(NCCC(F)(F)F)n1. The second kappa shape index (κ2) is 4.81. The number of halogens is 3. The summed E-state index contributed by atoms with van der Waals surface area (Å²) < 4.78 is 35.4. The molecule has 2 N–H and O–H groups in total. The highest BCUT2D eigenvalue weighted by molar-refractivity contribution is 5.40. The van der Waals surface area contributed by atoms with Gasteiger partial charge in [-0.1, -0.05) is 0 Å². The Kier molecular flexibility index (Phi) is 3.70. The minimum Gasteiger partial charge on any atom is -0.372 e. The van der Waals surface area contributed by atoms with Crippen molar-refractivity contribution in [1.29, 1.82) is 0 Å². The lowest BCUT2D eigenvalue weighted by Gasteiger charge is -2.08. The van der Waals surface area contributed by atoms with Crippen LogP contribution < -0.4 is 10.6 Å². The summed E-state index contributed by atoms with van der Waals surface area (Å²) >= 11 is 0. The first-order valence-corrected chi connectivity index (χ1v) is 4.32. The van der Waals surface area contributed by atoms with Crippen molar-refractivity contribution in [2.24, 2.45) is 0 Å². The topological polar surface area (TPSA) is 49.8 Å². The van der Waals surface area contributed by atoms with Crippen molar-refractivity contribution in [1.82, 2.24) is 9.97 Å². The van der Waals surface area contributed by atoms with Crippen LogP contribution in [0.2, 0.25) is 0 Å². The molecule has 0 bridgehead atoms. The van der Waals surface area contributed by atoms with Gasteiger partial charge >= 0.3 is 6.18 Å². The fourth-order valence-corrected chi connectivity index (χ4v) is 0.904. The van der Waals surface area contributed by atoms with E-state index >= 15 is 0 Å². The molecule has 0 unspecified atom stereocenters. The lowest BCUT2D eigenvalue weighted by Crippen LogP contribution is -2.15. The Labute approximate surface area is 84.9 Å².